The van der Waals surface area contributed by atoms with E-state index in [-0.39, 0.29) is 12.3 Å². The molecule has 2 aliphatic rings. The molecule has 0 atom stereocenters. The largest absolute Gasteiger partial charge is 0.464 e. The molecule has 0 unspecified atom stereocenters. The van der Waals surface area contributed by atoms with Gasteiger partial charge in [0.15, 0.2) is 0 Å². The van der Waals surface area contributed by atoms with Crippen molar-refractivity contribution in [1.82, 2.24) is 5.32 Å². The first kappa shape index (κ1) is 16.6. The van der Waals surface area contributed by atoms with Gasteiger partial charge in [-0.25, -0.2) is 9.59 Å². The Morgan fingerprint density at radius 3 is 2.33 bits per heavy atom. The molecule has 24 heavy (non-hydrogen) atoms. The molecule has 0 spiro atoms. The zero-order valence-electron chi connectivity index (χ0n) is 13.9. The van der Waals surface area contributed by atoms with Gasteiger partial charge in [-0.05, 0) is 55.1 Å². The highest BCUT2D eigenvalue weighted by Gasteiger charge is 2.40. The molecule has 128 valence electrons. The van der Waals surface area contributed by atoms with E-state index < -0.39 is 12.1 Å². The molecule has 1 amide bonds. The summed E-state index contributed by atoms with van der Waals surface area (Å²) < 4.78 is 9.99. The van der Waals surface area contributed by atoms with Crippen LogP contribution < -0.4 is 5.32 Å². The Bertz CT molecular complexity index is 606. The monoisotopic (exact) mass is 329 g/mol. The Hall–Kier alpha value is -2.30. The van der Waals surface area contributed by atoms with E-state index in [4.69, 9.17) is 9.47 Å². The van der Waals surface area contributed by atoms with Crippen LogP contribution in [-0.2, 0) is 20.9 Å². The average molecular weight is 329 g/mol. The summed E-state index contributed by atoms with van der Waals surface area (Å²) in [6, 6.07) is 9.41. The molecular formula is C19H23NO4. The molecule has 2 aliphatic carbocycles. The molecule has 0 heterocycles. The number of benzene rings is 1. The molecular weight excluding hydrogens is 306 g/mol. The summed E-state index contributed by atoms with van der Waals surface area (Å²) in [7, 11) is 1.32. The number of esters is 1. The Morgan fingerprint density at radius 1 is 1.12 bits per heavy atom. The first-order chi connectivity index (χ1) is 11.7. The van der Waals surface area contributed by atoms with E-state index in [9.17, 15) is 9.59 Å². The van der Waals surface area contributed by atoms with Crippen LogP contribution in [0.3, 0.4) is 0 Å². The van der Waals surface area contributed by atoms with Gasteiger partial charge in [-0.3, -0.25) is 5.32 Å². The number of alkyl carbamates (subject to hydrolysis) is 1. The minimum atomic E-state index is -0.638. The van der Waals surface area contributed by atoms with Gasteiger partial charge in [0.2, 0.25) is 0 Å². The number of ether oxygens (including phenoxy) is 2. The Morgan fingerprint density at radius 2 is 1.75 bits per heavy atom. The van der Waals surface area contributed by atoms with E-state index in [0.717, 1.165) is 5.56 Å². The summed E-state index contributed by atoms with van der Waals surface area (Å²) in [5, 5.41) is 2.56. The predicted octanol–water partition coefficient (Wildman–Crippen LogP) is 3.41. The second kappa shape index (κ2) is 7.51. The van der Waals surface area contributed by atoms with E-state index in [2.05, 4.69) is 5.32 Å². The van der Waals surface area contributed by atoms with Crippen molar-refractivity contribution in [2.75, 3.05) is 7.11 Å². The third-order valence-corrected chi connectivity index (χ3v) is 5.12. The summed E-state index contributed by atoms with van der Waals surface area (Å²) in [6.07, 6.45) is 6.07. The average Bonchev–Trinajstić information content (AvgIpc) is 3.19. The lowest BCUT2D eigenvalue weighted by Gasteiger charge is -2.14. The topological polar surface area (TPSA) is 64.6 Å². The highest BCUT2D eigenvalue weighted by molar-refractivity contribution is 5.92. The summed E-state index contributed by atoms with van der Waals surface area (Å²) in [5.41, 5.74) is 1.09. The van der Waals surface area contributed by atoms with Crippen LogP contribution in [0.4, 0.5) is 4.79 Å². The first-order valence-electron chi connectivity index (χ1n) is 8.45. The molecule has 1 aromatic rings. The SMILES string of the molecule is COC(=O)/C(=C\C1C2CCC1CC2)NC(=O)OCc1ccccc1. The zero-order valence-corrected chi connectivity index (χ0v) is 13.9. The minimum Gasteiger partial charge on any atom is -0.464 e. The van der Waals surface area contributed by atoms with Crippen molar-refractivity contribution < 1.29 is 19.1 Å². The van der Waals surface area contributed by atoms with Crippen LogP contribution in [0.25, 0.3) is 0 Å². The zero-order chi connectivity index (χ0) is 16.9. The fourth-order valence-electron chi connectivity index (χ4n) is 3.90. The first-order valence-corrected chi connectivity index (χ1v) is 8.45. The van der Waals surface area contributed by atoms with Crippen LogP contribution in [0.5, 0.6) is 0 Å². The maximum absolute atomic E-state index is 12.0. The smallest absolute Gasteiger partial charge is 0.412 e. The lowest BCUT2D eigenvalue weighted by Crippen LogP contribution is -2.29. The maximum Gasteiger partial charge on any atom is 0.412 e. The molecule has 0 aromatic heterocycles. The molecule has 0 aliphatic heterocycles. The Labute approximate surface area is 142 Å². The third-order valence-electron chi connectivity index (χ3n) is 5.12. The van der Waals surface area contributed by atoms with Crippen LogP contribution in [0.1, 0.15) is 31.2 Å². The lowest BCUT2D eigenvalue weighted by atomic mass is 9.96. The maximum atomic E-state index is 12.0. The van der Waals surface area contributed by atoms with E-state index in [1.54, 1.807) is 0 Å². The molecule has 3 rings (SSSR count). The highest BCUT2D eigenvalue weighted by Crippen LogP contribution is 2.50. The molecule has 2 fully saturated rings. The van der Waals surface area contributed by atoms with Crippen molar-refractivity contribution in [1.29, 1.82) is 0 Å². The van der Waals surface area contributed by atoms with Gasteiger partial charge in [0.1, 0.15) is 12.3 Å². The fourth-order valence-corrected chi connectivity index (χ4v) is 3.90. The van der Waals surface area contributed by atoms with Gasteiger partial charge in [-0.15, -0.1) is 0 Å². The number of carbonyl (C=O) groups excluding carboxylic acids is 2. The molecule has 5 heteroatoms. The van der Waals surface area contributed by atoms with Gasteiger partial charge in [0.05, 0.1) is 7.11 Å². The summed E-state index contributed by atoms with van der Waals surface area (Å²) in [4.78, 5) is 24.0. The molecule has 1 N–H and O–H groups in total. The van der Waals surface area contributed by atoms with Gasteiger partial charge in [-0.2, -0.15) is 0 Å². The standard InChI is InChI=1S/C19H23NO4/c1-23-18(21)17(11-16-14-7-8-15(16)10-9-14)20-19(22)24-12-13-5-3-2-4-6-13/h2-6,11,14-16H,7-10,12H2,1H3,(H,20,22)/b17-11+. The van der Waals surface area contributed by atoms with Gasteiger partial charge < -0.3 is 9.47 Å². The molecule has 0 radical (unpaired) electrons. The summed E-state index contributed by atoms with van der Waals surface area (Å²) in [6.45, 7) is 0.163. The number of hydrogen-bond donors (Lipinski definition) is 1. The van der Waals surface area contributed by atoms with Gasteiger partial charge in [0, 0.05) is 0 Å². The number of allylic oxidation sites excluding steroid dienone is 1. The molecule has 5 nitrogen and oxygen atoms in total. The third kappa shape index (κ3) is 3.78. The second-order valence-corrected chi connectivity index (χ2v) is 6.51. The van der Waals surface area contributed by atoms with Gasteiger partial charge >= 0.3 is 12.1 Å². The Balaban J connectivity index is 1.62. The number of amides is 1. The molecule has 2 bridgehead atoms. The predicted molar refractivity (Wildman–Crippen MR) is 88.8 cm³/mol. The van der Waals surface area contributed by atoms with Crippen molar-refractivity contribution in [3.8, 4) is 0 Å². The normalized spacial score (nSPS) is 25.4. The van der Waals surface area contributed by atoms with Crippen LogP contribution in [0, 0.1) is 17.8 Å². The highest BCUT2D eigenvalue weighted by atomic mass is 16.6. The minimum absolute atomic E-state index is 0.163. The van der Waals surface area contributed by atoms with E-state index in [0.29, 0.717) is 17.8 Å². The number of hydrogen-bond acceptors (Lipinski definition) is 4. The quantitative estimate of drug-likeness (QED) is 0.664. The van der Waals surface area contributed by atoms with Crippen LogP contribution in [0.2, 0.25) is 0 Å². The van der Waals surface area contributed by atoms with E-state index in [1.165, 1.54) is 32.8 Å². The molecule has 2 saturated carbocycles. The number of rotatable bonds is 5. The number of methoxy groups -OCH3 is 1. The van der Waals surface area contributed by atoms with Crippen molar-refractivity contribution in [3.05, 3.63) is 47.7 Å². The number of carbonyl (C=O) groups is 2. The Kier molecular flexibility index (Phi) is 5.18. The number of fused-ring (bicyclic) bond motifs is 2. The summed E-state index contributed by atoms with van der Waals surface area (Å²) >= 11 is 0. The van der Waals surface area contributed by atoms with Gasteiger partial charge in [0.25, 0.3) is 0 Å². The fraction of sp³-hybridized carbons (Fsp3) is 0.474. The van der Waals surface area contributed by atoms with Crippen LogP contribution in [0.15, 0.2) is 42.1 Å². The van der Waals surface area contributed by atoms with Crippen LogP contribution >= 0.6 is 0 Å². The van der Waals surface area contributed by atoms with E-state index in [1.807, 2.05) is 36.4 Å². The van der Waals surface area contributed by atoms with E-state index >= 15 is 0 Å². The molecule has 0 saturated heterocycles. The van der Waals surface area contributed by atoms with Crippen molar-refractivity contribution in [2.45, 2.75) is 32.3 Å². The number of nitrogens with one attached hydrogen (secondary N) is 1. The van der Waals surface area contributed by atoms with Gasteiger partial charge in [-0.1, -0.05) is 30.3 Å². The summed E-state index contributed by atoms with van der Waals surface area (Å²) in [5.74, 6) is 1.07. The van der Waals surface area contributed by atoms with Crippen LogP contribution in [-0.4, -0.2) is 19.2 Å². The second-order valence-electron chi connectivity index (χ2n) is 6.51. The van der Waals surface area contributed by atoms with Crippen molar-refractivity contribution in [3.63, 3.8) is 0 Å². The van der Waals surface area contributed by atoms with Crippen molar-refractivity contribution in [2.24, 2.45) is 17.8 Å². The lowest BCUT2D eigenvalue weighted by molar-refractivity contribution is -0.136. The van der Waals surface area contributed by atoms with Crippen molar-refractivity contribution >= 4 is 12.1 Å². The molecule has 1 aromatic carbocycles.